The molecule has 226 valence electrons. The molecular formula is C30H41F2N6O3Si+. The predicted molar refractivity (Wildman–Crippen MR) is 161 cm³/mol. The average molecular weight is 600 g/mol. The van der Waals surface area contributed by atoms with Crippen LogP contribution in [0.25, 0.3) is 16.6 Å². The largest absolute Gasteiger partial charge is 0.487 e. The fourth-order valence-corrected chi connectivity index (χ4v) is 6.07. The van der Waals surface area contributed by atoms with Crippen LogP contribution < -0.4 is 10.5 Å². The maximum atomic E-state index is 15.1. The Hall–Kier alpha value is -3.03. The van der Waals surface area contributed by atoms with E-state index < -0.39 is 26.2 Å². The molecule has 2 aliphatic heterocycles. The van der Waals surface area contributed by atoms with E-state index >= 15 is 4.39 Å². The number of hydrogen-bond acceptors (Lipinski definition) is 7. The first-order valence-corrected chi connectivity index (χ1v) is 18.2. The summed E-state index contributed by atoms with van der Waals surface area (Å²) in [5.74, 6) is -0.285. The third-order valence-corrected chi connectivity index (χ3v) is 9.47. The molecule has 3 unspecified atom stereocenters. The van der Waals surface area contributed by atoms with Gasteiger partial charge in [0, 0.05) is 45.4 Å². The zero-order valence-corrected chi connectivity index (χ0v) is 25.5. The van der Waals surface area contributed by atoms with Crippen LogP contribution in [0.15, 0.2) is 43.0 Å². The molecule has 12 heteroatoms. The second-order valence-electron chi connectivity index (χ2n) is 12.3. The molecule has 1 saturated heterocycles. The summed E-state index contributed by atoms with van der Waals surface area (Å²) in [6.45, 7) is 9.75. The lowest BCUT2D eigenvalue weighted by Gasteiger charge is -2.35. The van der Waals surface area contributed by atoms with Crippen molar-refractivity contribution in [2.24, 2.45) is 5.73 Å². The van der Waals surface area contributed by atoms with Gasteiger partial charge in [-0.1, -0.05) is 19.6 Å². The first-order chi connectivity index (χ1) is 20.1. The number of piperidine rings is 1. The first kappa shape index (κ1) is 30.4. The number of hydrogen-bond donors (Lipinski definition) is 2. The second-order valence-corrected chi connectivity index (χ2v) is 17.9. The zero-order valence-electron chi connectivity index (χ0n) is 24.5. The Labute approximate surface area is 246 Å². The monoisotopic (exact) mass is 599 g/mol. The lowest BCUT2D eigenvalue weighted by molar-refractivity contribution is -0.500. The Morgan fingerprint density at radius 3 is 2.76 bits per heavy atom. The summed E-state index contributed by atoms with van der Waals surface area (Å²) in [5.41, 5.74) is 9.21. The molecule has 2 aromatic heterocycles. The van der Waals surface area contributed by atoms with Crippen molar-refractivity contribution >= 4 is 30.9 Å². The Bertz CT molecular complexity index is 1460. The Morgan fingerprint density at radius 1 is 1.24 bits per heavy atom. The van der Waals surface area contributed by atoms with E-state index in [-0.39, 0.29) is 24.9 Å². The Balaban J connectivity index is 1.16. The molecule has 0 spiro atoms. The molecule has 0 saturated carbocycles. The number of ether oxygens (including phenoxy) is 2. The van der Waals surface area contributed by atoms with Crippen molar-refractivity contribution in [3.63, 3.8) is 0 Å². The van der Waals surface area contributed by atoms with Gasteiger partial charge in [0.15, 0.2) is 18.5 Å². The highest BCUT2D eigenvalue weighted by atomic mass is 28.3. The van der Waals surface area contributed by atoms with Crippen LogP contribution in [0.5, 0.6) is 5.75 Å². The second kappa shape index (κ2) is 13.1. The number of nitrogens with zero attached hydrogens (tertiary/aromatic N) is 5. The maximum absolute atomic E-state index is 15.1. The van der Waals surface area contributed by atoms with E-state index in [0.29, 0.717) is 38.3 Å². The minimum absolute atomic E-state index is 0.0181. The normalized spacial score (nSPS) is 20.3. The fraction of sp³-hybridized carbons (Fsp3) is 0.500. The molecule has 3 atom stereocenters. The van der Waals surface area contributed by atoms with Gasteiger partial charge in [-0.15, -0.1) is 0 Å². The van der Waals surface area contributed by atoms with Gasteiger partial charge in [-0.2, -0.15) is 4.58 Å². The molecule has 1 fully saturated rings. The van der Waals surface area contributed by atoms with Crippen molar-refractivity contribution in [3.8, 4) is 5.75 Å². The summed E-state index contributed by atoms with van der Waals surface area (Å²) in [6.07, 6.45) is 6.19. The van der Waals surface area contributed by atoms with Crippen molar-refractivity contribution in [3.05, 3.63) is 60.1 Å². The van der Waals surface area contributed by atoms with Crippen LogP contribution in [-0.4, -0.2) is 94.5 Å². The number of nitrogens with two attached hydrogens (primary N) is 1. The molecule has 9 nitrogen and oxygen atoms in total. The van der Waals surface area contributed by atoms with E-state index in [9.17, 15) is 9.50 Å². The van der Waals surface area contributed by atoms with Gasteiger partial charge in [-0.25, -0.2) is 18.7 Å². The van der Waals surface area contributed by atoms with Crippen molar-refractivity contribution in [2.45, 2.75) is 63.8 Å². The average Bonchev–Trinajstić information content (AvgIpc) is 3.34. The highest BCUT2D eigenvalue weighted by Crippen LogP contribution is 2.27. The quantitative estimate of drug-likeness (QED) is 0.176. The summed E-state index contributed by atoms with van der Waals surface area (Å²) in [4.78, 5) is 11.1. The van der Waals surface area contributed by atoms with Crippen molar-refractivity contribution in [1.82, 2.24) is 19.4 Å². The van der Waals surface area contributed by atoms with E-state index in [2.05, 4.69) is 39.1 Å². The molecule has 3 N–H and O–H groups in total. The minimum Gasteiger partial charge on any atom is -0.487 e. The zero-order chi connectivity index (χ0) is 29.9. The molecule has 0 amide bonds. The van der Waals surface area contributed by atoms with Crippen LogP contribution in [0.4, 0.5) is 8.78 Å². The van der Waals surface area contributed by atoms with Crippen LogP contribution in [0.2, 0.25) is 25.7 Å². The number of halogens is 2. The Kier molecular flexibility index (Phi) is 9.48. The minimum atomic E-state index is -1.23. The van der Waals surface area contributed by atoms with E-state index in [1.54, 1.807) is 12.4 Å². The van der Waals surface area contributed by atoms with Crippen LogP contribution in [-0.2, 0) is 18.1 Å². The van der Waals surface area contributed by atoms with Gasteiger partial charge in [0.2, 0.25) is 0 Å². The van der Waals surface area contributed by atoms with Crippen LogP contribution >= 0.6 is 0 Å². The highest BCUT2D eigenvalue weighted by molar-refractivity contribution is 6.76. The summed E-state index contributed by atoms with van der Waals surface area (Å²) in [5, 5.41) is 10.3. The predicted octanol–water partition coefficient (Wildman–Crippen LogP) is 3.63. The van der Waals surface area contributed by atoms with Gasteiger partial charge >= 0.3 is 0 Å². The van der Waals surface area contributed by atoms with E-state index in [0.717, 1.165) is 35.0 Å². The third-order valence-electron chi connectivity index (χ3n) is 7.76. The topological polar surface area (TPSA) is 102 Å². The van der Waals surface area contributed by atoms with Gasteiger partial charge in [-0.3, -0.25) is 4.90 Å². The van der Waals surface area contributed by atoms with Crippen molar-refractivity contribution in [2.75, 3.05) is 32.8 Å². The standard InChI is InChI=1S/C30H41F2N6O3Si/c1-42(2,3)9-8-40-20-37-7-4-26-29(34-19-35-30(26)37)22-14-38(15-22)24(13-33)16-36-6-5-28(27(32)17-36)41-25-11-21(18-39)10-23(31)12-25/h4,7,10-12,14-15,19,24,27-28,39H,5-6,8-9,13,16-18,20,33H2,1-3H3/q+1. The van der Waals surface area contributed by atoms with Crippen LogP contribution in [0, 0.1) is 5.82 Å². The molecule has 3 aromatic rings. The van der Waals surface area contributed by atoms with Crippen molar-refractivity contribution in [1.29, 1.82) is 0 Å². The third kappa shape index (κ3) is 7.29. The number of likely N-dealkylation sites (tertiary alicyclic amines) is 1. The molecule has 42 heavy (non-hydrogen) atoms. The number of benzene rings is 1. The summed E-state index contributed by atoms with van der Waals surface area (Å²) >= 11 is 0. The Morgan fingerprint density at radius 2 is 2.05 bits per heavy atom. The van der Waals surface area contributed by atoms with Gasteiger partial charge in [0.1, 0.15) is 48.1 Å². The maximum Gasteiger partial charge on any atom is 0.184 e. The van der Waals surface area contributed by atoms with E-state index in [4.69, 9.17) is 15.2 Å². The van der Waals surface area contributed by atoms with Gasteiger partial charge in [0.25, 0.3) is 0 Å². The fourth-order valence-electron chi connectivity index (χ4n) is 5.31. The lowest BCUT2D eigenvalue weighted by atomic mass is 10.0. The summed E-state index contributed by atoms with van der Waals surface area (Å²) < 4.78 is 44.7. The number of fused-ring (bicyclic) bond motifs is 1. The van der Waals surface area contributed by atoms with E-state index in [1.807, 2.05) is 29.2 Å². The number of aromatic nitrogens is 3. The van der Waals surface area contributed by atoms with Crippen LogP contribution in [0.3, 0.4) is 0 Å². The lowest BCUT2D eigenvalue weighted by Crippen LogP contribution is -2.52. The molecule has 0 radical (unpaired) electrons. The van der Waals surface area contributed by atoms with Gasteiger partial charge < -0.3 is 24.9 Å². The molecule has 5 rings (SSSR count). The van der Waals surface area contributed by atoms with Gasteiger partial charge in [-0.05, 0) is 36.2 Å². The molecular weight excluding hydrogens is 558 g/mol. The molecule has 2 aliphatic rings. The number of rotatable bonds is 13. The molecule has 4 heterocycles. The van der Waals surface area contributed by atoms with Crippen molar-refractivity contribution < 1.29 is 27.9 Å². The highest BCUT2D eigenvalue weighted by Gasteiger charge is 2.35. The number of aliphatic hydroxyl groups excluding tert-OH is 1. The number of alkyl halides is 1. The smallest absolute Gasteiger partial charge is 0.184 e. The number of allylic oxidation sites excluding steroid dienone is 1. The summed E-state index contributed by atoms with van der Waals surface area (Å²) in [6, 6.07) is 7.11. The van der Waals surface area contributed by atoms with Crippen LogP contribution in [0.1, 0.15) is 17.7 Å². The molecule has 0 bridgehead atoms. The SMILES string of the molecule is C[Si](C)(C)CCOCn1ccc2c(C3=C[N+](C(CN)CN4CCC(Oc5cc(F)cc(CO)c5)C(F)C4)=C3)ncnc21. The van der Waals surface area contributed by atoms with E-state index in [1.165, 1.54) is 12.1 Å². The molecule has 1 aromatic carbocycles. The van der Waals surface area contributed by atoms with Gasteiger partial charge in [0.05, 0.1) is 25.4 Å². The summed E-state index contributed by atoms with van der Waals surface area (Å²) in [7, 11) is -1.14. The first-order valence-electron chi connectivity index (χ1n) is 14.5. The number of aliphatic hydroxyl groups is 1. The molecule has 0 aliphatic carbocycles.